The summed E-state index contributed by atoms with van der Waals surface area (Å²) in [6.45, 7) is 10.9. The van der Waals surface area contributed by atoms with E-state index in [0.29, 0.717) is 12.0 Å². The van der Waals surface area contributed by atoms with E-state index >= 15 is 0 Å². The Morgan fingerprint density at radius 1 is 1.28 bits per heavy atom. The molecule has 3 heterocycles. The molecule has 0 bridgehead atoms. The summed E-state index contributed by atoms with van der Waals surface area (Å²) < 4.78 is 15.3. The molecule has 1 amide bonds. The highest BCUT2D eigenvalue weighted by molar-refractivity contribution is 5.95. The van der Waals surface area contributed by atoms with Gasteiger partial charge in [-0.3, -0.25) is 9.48 Å². The molecule has 29 heavy (non-hydrogen) atoms. The lowest BCUT2D eigenvalue weighted by Crippen LogP contribution is -2.50. The predicted molar refractivity (Wildman–Crippen MR) is 113 cm³/mol. The minimum atomic E-state index is -0.207. The number of aryl methyl sites for hydroxylation is 1. The number of fused-ring (bicyclic) bond motifs is 1. The van der Waals surface area contributed by atoms with E-state index in [2.05, 4.69) is 30.8 Å². The van der Waals surface area contributed by atoms with Crippen LogP contribution in [0.2, 0.25) is 0 Å². The first-order chi connectivity index (χ1) is 13.8. The van der Waals surface area contributed by atoms with Gasteiger partial charge < -0.3 is 9.80 Å². The standard InChI is InChI=1S/C23H31FN4O/c1-5-11-27-16(2)20(14-25-27)22(29)26-12-10-21-17(15-26)13-23(3,4)28(21)19-8-6-18(24)7-9-19/h6-9,14,17,21H,5,10-13,15H2,1-4H3/t17-,21+/m1/s1. The van der Waals surface area contributed by atoms with Crippen LogP contribution in [-0.4, -0.2) is 45.3 Å². The average Bonchev–Trinajstić information content (AvgIpc) is 3.17. The molecule has 6 heteroatoms. The van der Waals surface area contributed by atoms with Crippen LogP contribution in [0.4, 0.5) is 10.1 Å². The van der Waals surface area contributed by atoms with Crippen LogP contribution >= 0.6 is 0 Å². The molecule has 2 aliphatic heterocycles. The van der Waals surface area contributed by atoms with Crippen molar-refractivity contribution in [2.75, 3.05) is 18.0 Å². The first-order valence-electron chi connectivity index (χ1n) is 10.7. The Morgan fingerprint density at radius 2 is 2.00 bits per heavy atom. The van der Waals surface area contributed by atoms with E-state index in [0.717, 1.165) is 55.8 Å². The van der Waals surface area contributed by atoms with E-state index in [1.165, 1.54) is 12.1 Å². The molecule has 2 saturated heterocycles. The maximum absolute atomic E-state index is 13.4. The van der Waals surface area contributed by atoms with Crippen LogP contribution in [0.3, 0.4) is 0 Å². The lowest BCUT2D eigenvalue weighted by molar-refractivity contribution is 0.0666. The minimum Gasteiger partial charge on any atom is -0.363 e. The van der Waals surface area contributed by atoms with Crippen molar-refractivity contribution in [3.63, 3.8) is 0 Å². The van der Waals surface area contributed by atoms with Crippen LogP contribution < -0.4 is 4.90 Å². The van der Waals surface area contributed by atoms with E-state index in [9.17, 15) is 9.18 Å². The van der Waals surface area contributed by atoms with Gasteiger partial charge in [-0.2, -0.15) is 5.10 Å². The van der Waals surface area contributed by atoms with Crippen molar-refractivity contribution in [3.05, 3.63) is 47.5 Å². The summed E-state index contributed by atoms with van der Waals surface area (Å²) in [5, 5.41) is 4.40. The number of anilines is 1. The lowest BCUT2D eigenvalue weighted by atomic mass is 9.89. The van der Waals surface area contributed by atoms with Gasteiger partial charge in [-0.1, -0.05) is 6.92 Å². The van der Waals surface area contributed by atoms with Gasteiger partial charge in [0.1, 0.15) is 5.82 Å². The summed E-state index contributed by atoms with van der Waals surface area (Å²) >= 11 is 0. The normalized spacial score (nSPS) is 23.3. The monoisotopic (exact) mass is 398 g/mol. The van der Waals surface area contributed by atoms with Crippen molar-refractivity contribution in [1.82, 2.24) is 14.7 Å². The van der Waals surface area contributed by atoms with Crippen molar-refractivity contribution in [2.24, 2.45) is 5.92 Å². The number of aromatic nitrogens is 2. The molecule has 2 atom stereocenters. The molecular formula is C23H31FN4O. The molecule has 2 aliphatic rings. The molecule has 1 aromatic carbocycles. The molecule has 0 unspecified atom stereocenters. The molecule has 0 N–H and O–H groups in total. The number of amides is 1. The van der Waals surface area contributed by atoms with Crippen molar-refractivity contribution in [1.29, 1.82) is 0 Å². The van der Waals surface area contributed by atoms with E-state index in [4.69, 9.17) is 0 Å². The number of nitrogens with zero attached hydrogens (tertiary/aromatic N) is 4. The first kappa shape index (κ1) is 19.9. The molecule has 2 aromatic rings. The summed E-state index contributed by atoms with van der Waals surface area (Å²) in [7, 11) is 0. The Bertz CT molecular complexity index is 889. The third-order valence-electron chi connectivity index (χ3n) is 6.60. The first-order valence-corrected chi connectivity index (χ1v) is 10.7. The summed E-state index contributed by atoms with van der Waals surface area (Å²) in [5.74, 6) is 0.307. The smallest absolute Gasteiger partial charge is 0.257 e. The highest BCUT2D eigenvalue weighted by Crippen LogP contribution is 2.44. The highest BCUT2D eigenvalue weighted by Gasteiger charge is 2.48. The molecule has 0 saturated carbocycles. The zero-order chi connectivity index (χ0) is 20.8. The zero-order valence-corrected chi connectivity index (χ0v) is 17.9. The highest BCUT2D eigenvalue weighted by atomic mass is 19.1. The summed E-state index contributed by atoms with van der Waals surface area (Å²) in [6, 6.07) is 7.20. The molecule has 0 aliphatic carbocycles. The molecule has 0 radical (unpaired) electrons. The Kier molecular flexibility index (Phi) is 5.13. The van der Waals surface area contributed by atoms with E-state index in [-0.39, 0.29) is 17.3 Å². The Labute approximate surface area is 172 Å². The molecule has 2 fully saturated rings. The van der Waals surface area contributed by atoms with Gasteiger partial charge in [-0.15, -0.1) is 0 Å². The summed E-state index contributed by atoms with van der Waals surface area (Å²) in [5.41, 5.74) is 2.73. The second kappa shape index (κ2) is 7.47. The van der Waals surface area contributed by atoms with Gasteiger partial charge in [-0.05, 0) is 70.2 Å². The minimum absolute atomic E-state index is 0.0197. The third-order valence-corrected chi connectivity index (χ3v) is 6.60. The maximum atomic E-state index is 13.4. The fourth-order valence-electron chi connectivity index (χ4n) is 5.34. The van der Waals surface area contributed by atoms with Gasteiger partial charge in [0.05, 0.1) is 11.8 Å². The van der Waals surface area contributed by atoms with Crippen molar-refractivity contribution in [2.45, 2.75) is 65.1 Å². The van der Waals surface area contributed by atoms with Gasteiger partial charge in [-0.25, -0.2) is 4.39 Å². The number of carbonyl (C=O) groups excluding carboxylic acids is 1. The van der Waals surface area contributed by atoms with E-state index < -0.39 is 0 Å². The van der Waals surface area contributed by atoms with E-state index in [1.54, 1.807) is 6.20 Å². The number of likely N-dealkylation sites (tertiary alicyclic amines) is 1. The predicted octanol–water partition coefficient (Wildman–Crippen LogP) is 4.26. The van der Waals surface area contributed by atoms with Gasteiger partial charge >= 0.3 is 0 Å². The second-order valence-corrected chi connectivity index (χ2v) is 9.10. The van der Waals surface area contributed by atoms with Crippen molar-refractivity contribution >= 4 is 11.6 Å². The number of carbonyl (C=O) groups is 1. The largest absolute Gasteiger partial charge is 0.363 e. The number of piperidine rings is 1. The Balaban J connectivity index is 1.52. The Morgan fingerprint density at radius 3 is 2.69 bits per heavy atom. The number of hydrogen-bond acceptors (Lipinski definition) is 3. The molecule has 5 nitrogen and oxygen atoms in total. The van der Waals surface area contributed by atoms with Gasteiger partial charge in [0.25, 0.3) is 5.91 Å². The van der Waals surface area contributed by atoms with Crippen LogP contribution in [0.1, 0.15) is 56.1 Å². The number of hydrogen-bond donors (Lipinski definition) is 0. The lowest BCUT2D eigenvalue weighted by Gasteiger charge is -2.41. The summed E-state index contributed by atoms with van der Waals surface area (Å²) in [6.07, 6.45) is 4.67. The van der Waals surface area contributed by atoms with Gasteiger partial charge in [0, 0.05) is 42.6 Å². The van der Waals surface area contributed by atoms with Crippen molar-refractivity contribution < 1.29 is 9.18 Å². The van der Waals surface area contributed by atoms with Gasteiger partial charge in [0.2, 0.25) is 0 Å². The fraction of sp³-hybridized carbons (Fsp3) is 0.565. The number of rotatable bonds is 4. The SMILES string of the molecule is CCCn1ncc(C(=O)N2CC[C@H]3[C@@H](C2)CC(C)(C)N3c2ccc(F)cc2)c1C. The third kappa shape index (κ3) is 3.53. The van der Waals surface area contributed by atoms with E-state index in [1.807, 2.05) is 28.6 Å². The maximum Gasteiger partial charge on any atom is 0.257 e. The van der Waals surface area contributed by atoms with Crippen LogP contribution in [0.5, 0.6) is 0 Å². The second-order valence-electron chi connectivity index (χ2n) is 9.10. The van der Waals surface area contributed by atoms with Crippen LogP contribution in [0.15, 0.2) is 30.5 Å². The average molecular weight is 399 g/mol. The quantitative estimate of drug-likeness (QED) is 0.773. The number of halogens is 1. The van der Waals surface area contributed by atoms with Crippen molar-refractivity contribution in [3.8, 4) is 0 Å². The summed E-state index contributed by atoms with van der Waals surface area (Å²) in [4.78, 5) is 17.6. The molecule has 0 spiro atoms. The number of benzene rings is 1. The molecular weight excluding hydrogens is 367 g/mol. The van der Waals surface area contributed by atoms with Gasteiger partial charge in [0.15, 0.2) is 0 Å². The molecule has 156 valence electrons. The fourth-order valence-corrected chi connectivity index (χ4v) is 5.34. The molecule has 4 rings (SSSR count). The zero-order valence-electron chi connectivity index (χ0n) is 17.9. The van der Waals surface area contributed by atoms with Crippen LogP contribution in [-0.2, 0) is 6.54 Å². The topological polar surface area (TPSA) is 41.4 Å². The Hall–Kier alpha value is -2.37. The molecule has 1 aromatic heterocycles. The van der Waals surface area contributed by atoms with Crippen LogP contribution in [0, 0.1) is 18.7 Å². The van der Waals surface area contributed by atoms with Crippen LogP contribution in [0.25, 0.3) is 0 Å².